The summed E-state index contributed by atoms with van der Waals surface area (Å²) in [5, 5.41) is 5.76. The smallest absolute Gasteiger partial charge is 0.321 e. The van der Waals surface area contributed by atoms with Crippen molar-refractivity contribution in [3.63, 3.8) is 0 Å². The van der Waals surface area contributed by atoms with Crippen LogP contribution >= 0.6 is 0 Å². The van der Waals surface area contributed by atoms with Gasteiger partial charge in [-0.2, -0.15) is 0 Å². The minimum absolute atomic E-state index is 0.0957. The lowest BCUT2D eigenvalue weighted by Crippen LogP contribution is -2.32. The monoisotopic (exact) mass is 381 g/mol. The average Bonchev–Trinajstić information content (AvgIpc) is 3.23. The second kappa shape index (κ2) is 9.26. The summed E-state index contributed by atoms with van der Waals surface area (Å²) in [4.78, 5) is 26.3. The molecule has 1 aliphatic heterocycles. The average molecular weight is 381 g/mol. The molecule has 148 valence electrons. The molecule has 0 aromatic heterocycles. The van der Waals surface area contributed by atoms with Gasteiger partial charge in [-0.3, -0.25) is 4.79 Å². The van der Waals surface area contributed by atoms with Gasteiger partial charge >= 0.3 is 6.03 Å². The van der Waals surface area contributed by atoms with Gasteiger partial charge in [-0.15, -0.1) is 0 Å². The molecule has 0 spiro atoms. The lowest BCUT2D eigenvalue weighted by Gasteiger charge is -2.18. The van der Waals surface area contributed by atoms with E-state index in [1.807, 2.05) is 24.0 Å². The van der Waals surface area contributed by atoms with Crippen LogP contribution < -0.4 is 15.4 Å². The van der Waals surface area contributed by atoms with E-state index in [2.05, 4.69) is 22.8 Å². The fourth-order valence-corrected chi connectivity index (χ4v) is 3.34. The number of methoxy groups -OCH3 is 1. The fourth-order valence-electron chi connectivity index (χ4n) is 3.34. The molecular formula is C22H27N3O3. The summed E-state index contributed by atoms with van der Waals surface area (Å²) in [7, 11) is 1.65. The molecule has 1 fully saturated rings. The maximum Gasteiger partial charge on any atom is 0.321 e. The second-order valence-corrected chi connectivity index (χ2v) is 6.97. The lowest BCUT2D eigenvalue weighted by atomic mass is 9.98. The first kappa shape index (κ1) is 19.7. The Kier molecular flexibility index (Phi) is 6.53. The summed E-state index contributed by atoms with van der Waals surface area (Å²) in [6.45, 7) is 4.08. The number of urea groups is 1. The molecule has 0 radical (unpaired) electrons. The number of hydrogen-bond acceptors (Lipinski definition) is 3. The van der Waals surface area contributed by atoms with Crippen molar-refractivity contribution < 1.29 is 14.3 Å². The molecule has 2 aromatic carbocycles. The van der Waals surface area contributed by atoms with Crippen LogP contribution in [0.15, 0.2) is 48.5 Å². The summed E-state index contributed by atoms with van der Waals surface area (Å²) < 4.78 is 5.20. The predicted molar refractivity (Wildman–Crippen MR) is 110 cm³/mol. The van der Waals surface area contributed by atoms with Crippen molar-refractivity contribution >= 4 is 17.6 Å². The van der Waals surface area contributed by atoms with Gasteiger partial charge in [0.1, 0.15) is 5.75 Å². The van der Waals surface area contributed by atoms with Gasteiger partial charge in [-0.1, -0.05) is 19.1 Å². The van der Waals surface area contributed by atoms with Gasteiger partial charge < -0.3 is 20.3 Å². The minimum Gasteiger partial charge on any atom is -0.497 e. The lowest BCUT2D eigenvalue weighted by molar-refractivity contribution is 0.0953. The maximum absolute atomic E-state index is 12.6. The molecule has 3 rings (SSSR count). The fraction of sp³-hybridized carbons (Fsp3) is 0.364. The number of carbonyl (C=O) groups is 2. The van der Waals surface area contributed by atoms with E-state index in [1.165, 1.54) is 5.56 Å². The van der Waals surface area contributed by atoms with E-state index in [0.29, 0.717) is 30.3 Å². The molecule has 1 atom stereocenters. The Morgan fingerprint density at radius 3 is 2.46 bits per heavy atom. The Morgan fingerprint density at radius 1 is 1.11 bits per heavy atom. The Balaban J connectivity index is 1.54. The van der Waals surface area contributed by atoms with Gasteiger partial charge in [0.25, 0.3) is 5.91 Å². The van der Waals surface area contributed by atoms with E-state index >= 15 is 0 Å². The van der Waals surface area contributed by atoms with Crippen LogP contribution in [0.4, 0.5) is 10.5 Å². The van der Waals surface area contributed by atoms with Crippen molar-refractivity contribution in [3.8, 4) is 5.75 Å². The summed E-state index contributed by atoms with van der Waals surface area (Å²) in [6.07, 6.45) is 1.84. The molecule has 6 nitrogen and oxygen atoms in total. The van der Waals surface area contributed by atoms with Crippen LogP contribution in [0.3, 0.4) is 0 Å². The number of nitrogens with one attached hydrogen (secondary N) is 2. The van der Waals surface area contributed by atoms with Crippen molar-refractivity contribution in [1.29, 1.82) is 0 Å². The topological polar surface area (TPSA) is 70.7 Å². The van der Waals surface area contributed by atoms with E-state index in [4.69, 9.17) is 4.74 Å². The largest absolute Gasteiger partial charge is 0.497 e. The van der Waals surface area contributed by atoms with Crippen molar-refractivity contribution in [2.24, 2.45) is 0 Å². The van der Waals surface area contributed by atoms with E-state index in [1.54, 1.807) is 31.4 Å². The highest BCUT2D eigenvalue weighted by molar-refractivity contribution is 5.95. The van der Waals surface area contributed by atoms with Gasteiger partial charge in [0.15, 0.2) is 0 Å². The standard InChI is InChI=1S/C22H27N3O3/c1-3-13-23-21(26)17-4-8-19(9-5-17)24-22(27)25-14-12-18(15-25)16-6-10-20(28-2)11-7-16/h4-11,18H,3,12-15H2,1-2H3,(H,23,26)(H,24,27). The third-order valence-electron chi connectivity index (χ3n) is 5.00. The number of likely N-dealkylation sites (tertiary alicyclic amines) is 1. The Hall–Kier alpha value is -3.02. The number of nitrogens with zero attached hydrogens (tertiary/aromatic N) is 1. The van der Waals surface area contributed by atoms with Crippen molar-refractivity contribution in [3.05, 3.63) is 59.7 Å². The zero-order valence-electron chi connectivity index (χ0n) is 16.4. The van der Waals surface area contributed by atoms with E-state index in [9.17, 15) is 9.59 Å². The molecular weight excluding hydrogens is 354 g/mol. The third kappa shape index (κ3) is 4.82. The van der Waals surface area contributed by atoms with Gasteiger partial charge in [-0.25, -0.2) is 4.79 Å². The van der Waals surface area contributed by atoms with Crippen LogP contribution in [0.5, 0.6) is 5.75 Å². The van der Waals surface area contributed by atoms with Crippen LogP contribution in [-0.4, -0.2) is 43.6 Å². The minimum atomic E-state index is -0.112. The zero-order valence-corrected chi connectivity index (χ0v) is 16.4. The van der Waals surface area contributed by atoms with Gasteiger partial charge in [0.2, 0.25) is 0 Å². The molecule has 3 amide bonds. The summed E-state index contributed by atoms with van der Waals surface area (Å²) >= 11 is 0. The Labute approximate surface area is 165 Å². The molecule has 2 N–H and O–H groups in total. The zero-order chi connectivity index (χ0) is 19.9. The first-order chi connectivity index (χ1) is 13.6. The highest BCUT2D eigenvalue weighted by atomic mass is 16.5. The van der Waals surface area contributed by atoms with Crippen LogP contribution in [0, 0.1) is 0 Å². The van der Waals surface area contributed by atoms with Crippen molar-refractivity contribution in [2.45, 2.75) is 25.7 Å². The quantitative estimate of drug-likeness (QED) is 0.798. The normalized spacial score (nSPS) is 15.9. The SMILES string of the molecule is CCCNC(=O)c1ccc(NC(=O)N2CCC(c3ccc(OC)cc3)C2)cc1. The molecule has 6 heteroatoms. The summed E-state index contributed by atoms with van der Waals surface area (Å²) in [5.41, 5.74) is 2.50. The van der Waals surface area contributed by atoms with Crippen molar-refractivity contribution in [1.82, 2.24) is 10.2 Å². The van der Waals surface area contributed by atoms with E-state index in [0.717, 1.165) is 25.1 Å². The number of hydrogen-bond donors (Lipinski definition) is 2. The molecule has 1 unspecified atom stereocenters. The first-order valence-electron chi connectivity index (χ1n) is 9.69. The number of ether oxygens (including phenoxy) is 1. The number of carbonyl (C=O) groups excluding carboxylic acids is 2. The van der Waals surface area contributed by atoms with Gasteiger partial charge in [-0.05, 0) is 54.8 Å². The molecule has 1 aliphatic rings. The number of benzene rings is 2. The van der Waals surface area contributed by atoms with Crippen LogP contribution in [-0.2, 0) is 0 Å². The molecule has 1 saturated heterocycles. The third-order valence-corrected chi connectivity index (χ3v) is 5.00. The maximum atomic E-state index is 12.6. The number of rotatable bonds is 6. The van der Waals surface area contributed by atoms with Crippen LogP contribution in [0.25, 0.3) is 0 Å². The van der Waals surface area contributed by atoms with Gasteiger partial charge in [0, 0.05) is 36.8 Å². The van der Waals surface area contributed by atoms with Crippen molar-refractivity contribution in [2.75, 3.05) is 32.1 Å². The predicted octanol–water partition coefficient (Wildman–Crippen LogP) is 3.86. The van der Waals surface area contributed by atoms with Crippen LogP contribution in [0.2, 0.25) is 0 Å². The molecule has 1 heterocycles. The van der Waals surface area contributed by atoms with Gasteiger partial charge in [0.05, 0.1) is 7.11 Å². The highest BCUT2D eigenvalue weighted by Crippen LogP contribution is 2.28. The van der Waals surface area contributed by atoms with Crippen LogP contribution in [0.1, 0.15) is 41.6 Å². The Morgan fingerprint density at radius 2 is 1.82 bits per heavy atom. The highest BCUT2D eigenvalue weighted by Gasteiger charge is 2.27. The molecule has 0 bridgehead atoms. The molecule has 0 aliphatic carbocycles. The number of amides is 3. The van der Waals surface area contributed by atoms with E-state index in [-0.39, 0.29) is 11.9 Å². The molecule has 28 heavy (non-hydrogen) atoms. The Bertz CT molecular complexity index is 803. The first-order valence-corrected chi connectivity index (χ1v) is 9.69. The second-order valence-electron chi connectivity index (χ2n) is 6.97. The molecule has 0 saturated carbocycles. The number of anilines is 1. The summed E-state index contributed by atoms with van der Waals surface area (Å²) in [5.74, 6) is 1.08. The summed E-state index contributed by atoms with van der Waals surface area (Å²) in [6, 6.07) is 14.9. The molecule has 2 aromatic rings. The van der Waals surface area contributed by atoms with E-state index < -0.39 is 0 Å².